The number of oxazole rings is 1. The predicted molar refractivity (Wildman–Crippen MR) is 88.8 cm³/mol. The number of carbonyl (C=O) groups excluding carboxylic acids is 1. The summed E-state index contributed by atoms with van der Waals surface area (Å²) < 4.78 is 7.38. The fourth-order valence-corrected chi connectivity index (χ4v) is 2.95. The van der Waals surface area contributed by atoms with E-state index in [1.165, 1.54) is 0 Å². The molecule has 1 aromatic carbocycles. The van der Waals surface area contributed by atoms with E-state index < -0.39 is 0 Å². The van der Waals surface area contributed by atoms with E-state index in [0.717, 1.165) is 41.0 Å². The Morgan fingerprint density at radius 2 is 2.00 bits per heavy atom. The van der Waals surface area contributed by atoms with Crippen LogP contribution in [0.3, 0.4) is 0 Å². The van der Waals surface area contributed by atoms with Crippen LogP contribution in [-0.2, 0) is 0 Å². The van der Waals surface area contributed by atoms with Crippen molar-refractivity contribution in [1.82, 2.24) is 19.3 Å². The number of aromatic nitrogens is 3. The van der Waals surface area contributed by atoms with Crippen LogP contribution in [0.2, 0.25) is 0 Å². The third kappa shape index (κ3) is 2.00. The average molecular weight is 318 g/mol. The van der Waals surface area contributed by atoms with Crippen LogP contribution in [0.25, 0.3) is 27.9 Å². The molecule has 1 saturated heterocycles. The summed E-state index contributed by atoms with van der Waals surface area (Å²) >= 11 is 0. The van der Waals surface area contributed by atoms with Gasteiger partial charge in [0.1, 0.15) is 16.9 Å². The smallest absolute Gasteiger partial charge is 0.272 e. The van der Waals surface area contributed by atoms with Crippen LogP contribution in [0.5, 0.6) is 0 Å². The molecule has 0 unspecified atom stereocenters. The lowest BCUT2D eigenvalue weighted by atomic mass is 10.1. The van der Waals surface area contributed by atoms with Gasteiger partial charge in [-0.15, -0.1) is 0 Å². The van der Waals surface area contributed by atoms with E-state index >= 15 is 0 Å². The Hall–Kier alpha value is -3.15. The minimum atomic E-state index is 0.0298. The Bertz CT molecular complexity index is 1100. The fourth-order valence-electron chi connectivity index (χ4n) is 2.95. The standard InChI is InChI=1S/C18H14N4O2/c1-11-20-14-8-12(2-4-16(14)24-11)13-3-5-17-19-9-15(22(17)10-13)18(23)21-6-7-21/h2-5,8-10H,6-7H2,1H3. The Labute approximate surface area is 137 Å². The van der Waals surface area contributed by atoms with Gasteiger partial charge in [0.05, 0.1) is 6.20 Å². The van der Waals surface area contributed by atoms with Crippen molar-refractivity contribution in [2.45, 2.75) is 6.92 Å². The number of aryl methyl sites for hydroxylation is 1. The van der Waals surface area contributed by atoms with E-state index in [2.05, 4.69) is 9.97 Å². The van der Waals surface area contributed by atoms with Gasteiger partial charge in [0.15, 0.2) is 11.5 Å². The molecule has 118 valence electrons. The maximum atomic E-state index is 12.4. The number of fused-ring (bicyclic) bond motifs is 2. The summed E-state index contributed by atoms with van der Waals surface area (Å²) in [6.45, 7) is 3.49. The van der Waals surface area contributed by atoms with Gasteiger partial charge in [-0.25, -0.2) is 9.97 Å². The Morgan fingerprint density at radius 3 is 2.83 bits per heavy atom. The van der Waals surface area contributed by atoms with Crippen molar-refractivity contribution in [3.8, 4) is 11.1 Å². The molecule has 0 radical (unpaired) electrons. The zero-order valence-corrected chi connectivity index (χ0v) is 13.1. The number of pyridine rings is 1. The summed E-state index contributed by atoms with van der Waals surface area (Å²) in [4.78, 5) is 22.9. The molecule has 1 aliphatic heterocycles. The number of hydrogen-bond donors (Lipinski definition) is 0. The molecule has 1 aliphatic rings. The average Bonchev–Trinajstić information content (AvgIpc) is 3.24. The fraction of sp³-hybridized carbons (Fsp3) is 0.167. The number of carbonyl (C=O) groups is 1. The summed E-state index contributed by atoms with van der Waals surface area (Å²) in [5, 5.41) is 0. The summed E-state index contributed by atoms with van der Waals surface area (Å²) in [6.07, 6.45) is 3.59. The van der Waals surface area contributed by atoms with E-state index in [9.17, 15) is 4.79 Å². The third-order valence-electron chi connectivity index (χ3n) is 4.29. The SMILES string of the molecule is Cc1nc2cc(-c3ccc4ncc(C(=O)N5CC5)n4c3)ccc2o1. The third-order valence-corrected chi connectivity index (χ3v) is 4.29. The second kappa shape index (κ2) is 4.67. The highest BCUT2D eigenvalue weighted by molar-refractivity contribution is 5.95. The molecule has 3 aromatic heterocycles. The maximum Gasteiger partial charge on any atom is 0.272 e. The molecule has 0 spiro atoms. The topological polar surface area (TPSA) is 63.4 Å². The summed E-state index contributed by atoms with van der Waals surface area (Å²) in [5.41, 5.74) is 5.00. The zero-order chi connectivity index (χ0) is 16.3. The van der Waals surface area contributed by atoms with E-state index in [1.54, 1.807) is 11.1 Å². The zero-order valence-electron chi connectivity index (χ0n) is 13.1. The Kier molecular flexibility index (Phi) is 2.59. The maximum absolute atomic E-state index is 12.4. The number of nitrogens with zero attached hydrogens (tertiary/aromatic N) is 4. The van der Waals surface area contributed by atoms with Gasteiger partial charge < -0.3 is 9.32 Å². The molecule has 1 amide bonds. The summed E-state index contributed by atoms with van der Waals surface area (Å²) in [5.74, 6) is 0.681. The molecule has 0 aliphatic carbocycles. The lowest BCUT2D eigenvalue weighted by Crippen LogP contribution is -2.13. The molecule has 1 fully saturated rings. The van der Waals surface area contributed by atoms with Gasteiger partial charge >= 0.3 is 0 Å². The highest BCUT2D eigenvalue weighted by Crippen LogP contribution is 2.26. The molecule has 5 rings (SSSR count). The van der Waals surface area contributed by atoms with Crippen LogP contribution in [0.1, 0.15) is 16.4 Å². The number of benzene rings is 1. The largest absolute Gasteiger partial charge is 0.441 e. The van der Waals surface area contributed by atoms with E-state index in [4.69, 9.17) is 4.42 Å². The molecule has 0 atom stereocenters. The Morgan fingerprint density at radius 1 is 1.17 bits per heavy atom. The second-order valence-corrected chi connectivity index (χ2v) is 6.00. The van der Waals surface area contributed by atoms with E-state index in [1.807, 2.05) is 47.9 Å². The number of amides is 1. The lowest BCUT2D eigenvalue weighted by Gasteiger charge is -2.05. The minimum absolute atomic E-state index is 0.0298. The predicted octanol–water partition coefficient (Wildman–Crippen LogP) is 2.91. The van der Waals surface area contributed by atoms with Crippen molar-refractivity contribution in [3.05, 3.63) is 54.3 Å². The normalized spacial score (nSPS) is 13.8. The molecule has 0 N–H and O–H groups in total. The van der Waals surface area contributed by atoms with Crippen LogP contribution >= 0.6 is 0 Å². The first-order chi connectivity index (χ1) is 11.7. The molecule has 4 heterocycles. The van der Waals surface area contributed by atoms with Gasteiger partial charge in [0, 0.05) is 26.2 Å². The highest BCUT2D eigenvalue weighted by atomic mass is 16.3. The first-order valence-electron chi connectivity index (χ1n) is 7.83. The number of hydrogen-bond acceptors (Lipinski definition) is 4. The van der Waals surface area contributed by atoms with E-state index in [0.29, 0.717) is 11.6 Å². The van der Waals surface area contributed by atoms with Crippen molar-refractivity contribution >= 4 is 22.7 Å². The van der Waals surface area contributed by atoms with Crippen molar-refractivity contribution in [1.29, 1.82) is 0 Å². The molecule has 4 aromatic rings. The quantitative estimate of drug-likeness (QED) is 0.533. The van der Waals surface area contributed by atoms with Crippen LogP contribution in [0.15, 0.2) is 47.1 Å². The second-order valence-electron chi connectivity index (χ2n) is 6.00. The Balaban J connectivity index is 1.64. The lowest BCUT2D eigenvalue weighted by molar-refractivity contribution is 0.0879. The molecule has 24 heavy (non-hydrogen) atoms. The van der Waals surface area contributed by atoms with Crippen LogP contribution in [-0.4, -0.2) is 38.3 Å². The van der Waals surface area contributed by atoms with Crippen molar-refractivity contribution < 1.29 is 9.21 Å². The number of rotatable bonds is 2. The van der Waals surface area contributed by atoms with Crippen molar-refractivity contribution in [2.75, 3.05) is 13.1 Å². The van der Waals surface area contributed by atoms with Gasteiger partial charge in [-0.3, -0.25) is 9.20 Å². The molecule has 0 bridgehead atoms. The van der Waals surface area contributed by atoms with Gasteiger partial charge in [-0.05, 0) is 35.4 Å². The highest BCUT2D eigenvalue weighted by Gasteiger charge is 2.27. The monoisotopic (exact) mass is 318 g/mol. The molecule has 0 saturated carbocycles. The molecular formula is C18H14N4O2. The number of imidazole rings is 1. The van der Waals surface area contributed by atoms with Crippen LogP contribution in [0.4, 0.5) is 0 Å². The first-order valence-corrected chi connectivity index (χ1v) is 7.83. The van der Waals surface area contributed by atoms with Crippen LogP contribution in [0, 0.1) is 6.92 Å². The molecular weight excluding hydrogens is 304 g/mol. The van der Waals surface area contributed by atoms with Crippen molar-refractivity contribution in [3.63, 3.8) is 0 Å². The molecule has 6 heteroatoms. The van der Waals surface area contributed by atoms with Gasteiger partial charge in [-0.1, -0.05) is 6.07 Å². The summed E-state index contributed by atoms with van der Waals surface area (Å²) in [6, 6.07) is 9.84. The van der Waals surface area contributed by atoms with Crippen LogP contribution < -0.4 is 0 Å². The summed E-state index contributed by atoms with van der Waals surface area (Å²) in [7, 11) is 0. The minimum Gasteiger partial charge on any atom is -0.441 e. The van der Waals surface area contributed by atoms with Gasteiger partial charge in [0.2, 0.25) is 0 Å². The van der Waals surface area contributed by atoms with E-state index in [-0.39, 0.29) is 5.91 Å². The first kappa shape index (κ1) is 13.3. The van der Waals surface area contributed by atoms with Crippen molar-refractivity contribution in [2.24, 2.45) is 0 Å². The van der Waals surface area contributed by atoms with Gasteiger partial charge in [-0.2, -0.15) is 0 Å². The van der Waals surface area contributed by atoms with Gasteiger partial charge in [0.25, 0.3) is 5.91 Å². The molecule has 6 nitrogen and oxygen atoms in total.